The number of fused-ring (bicyclic) bond motifs is 1. The van der Waals surface area contributed by atoms with Gasteiger partial charge in [-0.15, -0.1) is 0 Å². The number of pyridine rings is 1. The Hall–Kier alpha value is 0.194. The first-order chi connectivity index (χ1) is 16.6. The molecule has 0 spiro atoms. The number of hydrogen-bond acceptors (Lipinski definition) is 7. The molecule has 0 saturated carbocycles. The van der Waals surface area contributed by atoms with Crippen molar-refractivity contribution < 1.29 is 158 Å². The average molecular weight is 724 g/mol. The smallest absolute Gasteiger partial charge is 0.652 e. The molecule has 0 unspecified atom stereocenters. The van der Waals surface area contributed by atoms with E-state index in [4.69, 9.17) is 19.7 Å². The molecule has 2 aromatic heterocycles. The molecular formula is C26H26Cs2N4O4. The Morgan fingerprint density at radius 2 is 1.56 bits per heavy atom. The predicted octanol–water partition coefficient (Wildman–Crippen LogP) is -3.49. The van der Waals surface area contributed by atoms with Gasteiger partial charge in [0.2, 0.25) is 0 Å². The van der Waals surface area contributed by atoms with Gasteiger partial charge in [-0.25, -0.2) is 9.97 Å². The van der Waals surface area contributed by atoms with Gasteiger partial charge in [-0.05, 0) is 68.0 Å². The van der Waals surface area contributed by atoms with Gasteiger partial charge in [0.15, 0.2) is 5.65 Å². The third-order valence-electron chi connectivity index (χ3n) is 5.73. The molecule has 0 aliphatic carbocycles. The predicted molar refractivity (Wildman–Crippen MR) is 125 cm³/mol. The molecule has 5 rings (SSSR count). The molecule has 0 amide bonds. The van der Waals surface area contributed by atoms with Crippen LogP contribution >= 0.6 is 0 Å². The van der Waals surface area contributed by atoms with E-state index in [1.54, 1.807) is 0 Å². The van der Waals surface area contributed by atoms with Gasteiger partial charge in [-0.3, -0.25) is 9.47 Å². The number of carbonyl (C=O) groups is 1. The fourth-order valence-electron chi connectivity index (χ4n) is 4.06. The van der Waals surface area contributed by atoms with Crippen LogP contribution in [-0.2, 0) is 0 Å². The van der Waals surface area contributed by atoms with Crippen molar-refractivity contribution >= 4 is 17.3 Å². The molecule has 1 saturated heterocycles. The molecule has 1 aliphatic heterocycles. The molecule has 8 nitrogen and oxygen atoms in total. The minimum atomic E-state index is -2.33. The summed E-state index contributed by atoms with van der Waals surface area (Å²) in [4.78, 5) is 20.1. The zero-order valence-electron chi connectivity index (χ0n) is 20.8. The van der Waals surface area contributed by atoms with Crippen LogP contribution in [0.25, 0.3) is 28.0 Å². The number of aromatic nitrogens is 3. The van der Waals surface area contributed by atoms with E-state index in [9.17, 15) is 0 Å². The van der Waals surface area contributed by atoms with Crippen molar-refractivity contribution in [3.05, 3.63) is 73.2 Å². The molecule has 3 heterocycles. The van der Waals surface area contributed by atoms with Gasteiger partial charge in [0.25, 0.3) is 0 Å². The SMILES string of the molecule is O=C([O-])[O-].[Cs+].[Cs+].c1ccc(-n2cnc3cc(-c4ccc(OCCN5CCCCC5)cc4)cnc32)cc1. The number of ether oxygens (including phenoxy) is 1. The topological polar surface area (TPSA) is 106 Å². The van der Waals surface area contributed by atoms with Crippen molar-refractivity contribution in [2.24, 2.45) is 0 Å². The summed E-state index contributed by atoms with van der Waals surface area (Å²) in [6.07, 6.45) is 5.41. The van der Waals surface area contributed by atoms with E-state index >= 15 is 0 Å². The number of para-hydroxylation sites is 1. The Morgan fingerprint density at radius 3 is 2.22 bits per heavy atom. The second kappa shape index (κ2) is 17.0. The monoisotopic (exact) mass is 724 g/mol. The number of carboxylic acid groups (broad SMARTS) is 2. The van der Waals surface area contributed by atoms with Crippen LogP contribution in [0.5, 0.6) is 5.75 Å². The first kappa shape index (κ1) is 32.4. The molecule has 176 valence electrons. The first-order valence-electron chi connectivity index (χ1n) is 11.3. The number of likely N-dealkylation sites (tertiary alicyclic amines) is 1. The van der Waals surface area contributed by atoms with E-state index in [0.29, 0.717) is 0 Å². The maximum Gasteiger partial charge on any atom is 1.00 e. The molecule has 1 fully saturated rings. The van der Waals surface area contributed by atoms with E-state index in [2.05, 4.69) is 45.2 Å². The summed E-state index contributed by atoms with van der Waals surface area (Å²) in [6, 6.07) is 20.5. The number of rotatable bonds is 6. The minimum Gasteiger partial charge on any atom is -0.652 e. The Balaban J connectivity index is 0.000000710. The maximum absolute atomic E-state index is 8.33. The van der Waals surface area contributed by atoms with Crippen molar-refractivity contribution in [3.63, 3.8) is 0 Å². The summed E-state index contributed by atoms with van der Waals surface area (Å²) in [7, 11) is 0. The number of nitrogens with zero attached hydrogens (tertiary/aromatic N) is 4. The molecule has 36 heavy (non-hydrogen) atoms. The third kappa shape index (κ3) is 9.74. The number of carbonyl (C=O) groups excluding carboxylic acids is 1. The van der Waals surface area contributed by atoms with E-state index in [0.717, 1.165) is 46.9 Å². The van der Waals surface area contributed by atoms with Crippen LogP contribution in [0.15, 0.2) is 73.2 Å². The molecule has 0 radical (unpaired) electrons. The van der Waals surface area contributed by atoms with Gasteiger partial charge in [-0.1, -0.05) is 36.8 Å². The summed E-state index contributed by atoms with van der Waals surface area (Å²) >= 11 is 0. The Kier molecular flexibility index (Phi) is 15.3. The van der Waals surface area contributed by atoms with Crippen LogP contribution in [-0.4, -0.2) is 51.8 Å². The normalized spacial score (nSPS) is 13.0. The van der Waals surface area contributed by atoms with Crippen LogP contribution in [0.2, 0.25) is 0 Å². The standard InChI is InChI=1S/C25H26N4O.CH2O3.2Cs/c1-3-7-22(8-4-1)29-19-27-24-17-21(18-26-25(24)29)20-9-11-23(12-10-20)30-16-15-28-13-5-2-6-14-28;2-1(3)4;;/h1,3-4,7-12,17-19H,2,5-6,13-16H2;(H2,2,3,4);;/q;;2*+1/p-2. The number of hydrogen-bond donors (Lipinski definition) is 0. The Bertz CT molecular complexity index is 1210. The van der Waals surface area contributed by atoms with E-state index in [1.807, 2.05) is 47.4 Å². The fraction of sp³-hybridized carbons (Fsp3) is 0.269. The Morgan fingerprint density at radius 1 is 0.889 bits per heavy atom. The second-order valence-electron chi connectivity index (χ2n) is 8.04. The maximum atomic E-state index is 8.33. The minimum absolute atomic E-state index is 0. The van der Waals surface area contributed by atoms with Gasteiger partial charge in [-0.2, -0.15) is 0 Å². The van der Waals surface area contributed by atoms with Crippen molar-refractivity contribution in [1.29, 1.82) is 0 Å². The summed E-state index contributed by atoms with van der Waals surface area (Å²) in [5.41, 5.74) is 4.98. The first-order valence-corrected chi connectivity index (χ1v) is 11.3. The molecule has 4 aromatic rings. The van der Waals surface area contributed by atoms with E-state index in [-0.39, 0.29) is 138 Å². The van der Waals surface area contributed by atoms with Gasteiger partial charge in [0.05, 0.1) is 0 Å². The van der Waals surface area contributed by atoms with Crippen molar-refractivity contribution in [1.82, 2.24) is 19.4 Å². The van der Waals surface area contributed by atoms with Crippen LogP contribution in [0, 0.1) is 0 Å². The number of benzene rings is 2. The summed E-state index contributed by atoms with van der Waals surface area (Å²) in [5, 5.41) is 16.7. The van der Waals surface area contributed by atoms with Gasteiger partial charge in [0, 0.05) is 24.0 Å². The van der Waals surface area contributed by atoms with E-state index < -0.39 is 6.16 Å². The largest absolute Gasteiger partial charge is 1.00 e. The van der Waals surface area contributed by atoms with Gasteiger partial charge >= 0.3 is 138 Å². The van der Waals surface area contributed by atoms with Gasteiger partial charge < -0.3 is 19.7 Å². The molecule has 0 bridgehead atoms. The zero-order chi connectivity index (χ0) is 23.8. The van der Waals surface area contributed by atoms with Crippen molar-refractivity contribution in [3.8, 4) is 22.6 Å². The fourth-order valence-corrected chi connectivity index (χ4v) is 4.06. The number of imidazole rings is 1. The molecular weight excluding hydrogens is 698 g/mol. The van der Waals surface area contributed by atoms with E-state index in [1.165, 1.54) is 32.4 Å². The number of piperidine rings is 1. The third-order valence-corrected chi connectivity index (χ3v) is 5.73. The second-order valence-corrected chi connectivity index (χ2v) is 8.04. The van der Waals surface area contributed by atoms with Crippen LogP contribution in [0.3, 0.4) is 0 Å². The van der Waals surface area contributed by atoms with Gasteiger partial charge in [0.1, 0.15) is 24.2 Å². The van der Waals surface area contributed by atoms with Crippen LogP contribution in [0.4, 0.5) is 4.79 Å². The quantitative estimate of drug-likeness (QED) is 0.204. The molecule has 0 atom stereocenters. The van der Waals surface area contributed by atoms with Crippen LogP contribution < -0.4 is 153 Å². The summed E-state index contributed by atoms with van der Waals surface area (Å²) in [6.45, 7) is 4.16. The summed E-state index contributed by atoms with van der Waals surface area (Å²) in [5.74, 6) is 0.915. The van der Waals surface area contributed by atoms with Crippen molar-refractivity contribution in [2.75, 3.05) is 26.2 Å². The molecule has 1 aliphatic rings. The van der Waals surface area contributed by atoms with Crippen molar-refractivity contribution in [2.45, 2.75) is 19.3 Å². The average Bonchev–Trinajstić information content (AvgIpc) is 3.29. The zero-order valence-corrected chi connectivity index (χ0v) is 33.4. The van der Waals surface area contributed by atoms with Crippen LogP contribution in [0.1, 0.15) is 19.3 Å². The molecule has 0 N–H and O–H groups in total. The Labute approximate surface area is 328 Å². The molecule has 2 aromatic carbocycles. The molecule has 10 heteroatoms. The summed E-state index contributed by atoms with van der Waals surface area (Å²) < 4.78 is 7.96.